The fourth-order valence-electron chi connectivity index (χ4n) is 3.34. The third kappa shape index (κ3) is 2.99. The number of nitrogens with zero attached hydrogens (tertiary/aromatic N) is 2. The van der Waals surface area contributed by atoms with Crippen molar-refractivity contribution >= 4 is 33.4 Å². The lowest BCUT2D eigenvalue weighted by atomic mass is 10.00. The normalized spacial score (nSPS) is 11.5. The van der Waals surface area contributed by atoms with Crippen LogP contribution in [0.2, 0.25) is 5.02 Å². The van der Waals surface area contributed by atoms with Gasteiger partial charge >= 0.3 is 0 Å². The molecule has 0 spiro atoms. The Labute approximate surface area is 167 Å². The van der Waals surface area contributed by atoms with Gasteiger partial charge in [-0.05, 0) is 51.1 Å². The van der Waals surface area contributed by atoms with Gasteiger partial charge in [-0.1, -0.05) is 11.6 Å². The van der Waals surface area contributed by atoms with E-state index >= 15 is 0 Å². The second kappa shape index (κ2) is 6.87. The number of aromatic nitrogens is 3. The number of nitrogens with one attached hydrogen (secondary N) is 1. The lowest BCUT2D eigenvalue weighted by molar-refractivity contribution is 0.230. The Morgan fingerprint density at radius 2 is 1.86 bits per heavy atom. The number of rotatable bonds is 4. The van der Waals surface area contributed by atoms with Gasteiger partial charge in [0.15, 0.2) is 17.1 Å². The van der Waals surface area contributed by atoms with Gasteiger partial charge in [-0.25, -0.2) is 4.98 Å². The molecule has 0 aliphatic carbocycles. The lowest BCUT2D eigenvalue weighted by Gasteiger charge is -2.16. The van der Waals surface area contributed by atoms with E-state index < -0.39 is 0 Å². The monoisotopic (exact) mass is 397 g/mol. The van der Waals surface area contributed by atoms with Gasteiger partial charge in [0, 0.05) is 21.7 Å². The predicted octanol–water partition coefficient (Wildman–Crippen LogP) is 5.24. The highest BCUT2D eigenvalue weighted by Crippen LogP contribution is 2.41. The zero-order valence-corrected chi connectivity index (χ0v) is 16.8. The summed E-state index contributed by atoms with van der Waals surface area (Å²) in [5.74, 6) is 1.31. The van der Waals surface area contributed by atoms with E-state index in [1.54, 1.807) is 25.3 Å². The molecule has 4 aromatic rings. The van der Waals surface area contributed by atoms with Gasteiger partial charge < -0.3 is 14.6 Å². The second-order valence-corrected chi connectivity index (χ2v) is 7.28. The van der Waals surface area contributed by atoms with Crippen LogP contribution in [0.5, 0.6) is 17.2 Å². The van der Waals surface area contributed by atoms with Crippen molar-refractivity contribution in [2.45, 2.75) is 26.9 Å². The number of hydrogen-bond donors (Lipinski definition) is 2. The summed E-state index contributed by atoms with van der Waals surface area (Å²) >= 11 is 6.14. The first-order valence-electron chi connectivity index (χ1n) is 8.91. The number of halogens is 1. The fourth-order valence-corrected chi connectivity index (χ4v) is 3.52. The van der Waals surface area contributed by atoms with E-state index in [4.69, 9.17) is 26.1 Å². The summed E-state index contributed by atoms with van der Waals surface area (Å²) in [4.78, 5) is 4.78. The van der Waals surface area contributed by atoms with Crippen molar-refractivity contribution < 1.29 is 14.6 Å². The van der Waals surface area contributed by atoms with Crippen molar-refractivity contribution in [1.82, 2.24) is 15.2 Å². The van der Waals surface area contributed by atoms with Crippen molar-refractivity contribution in [1.29, 1.82) is 0 Å². The number of H-pyrrole nitrogens is 1. The van der Waals surface area contributed by atoms with E-state index in [-0.39, 0.29) is 16.9 Å². The summed E-state index contributed by atoms with van der Waals surface area (Å²) in [6.07, 6.45) is 0.00417. The Balaban J connectivity index is 2.10. The summed E-state index contributed by atoms with van der Waals surface area (Å²) < 4.78 is 11.5. The van der Waals surface area contributed by atoms with Crippen LogP contribution >= 0.6 is 11.6 Å². The molecule has 0 saturated carbocycles. The molecule has 2 aromatic heterocycles. The molecule has 0 amide bonds. The summed E-state index contributed by atoms with van der Waals surface area (Å²) in [5.41, 5.74) is 3.01. The van der Waals surface area contributed by atoms with Gasteiger partial charge in [0.05, 0.1) is 29.6 Å². The number of aryl methyl sites for hydroxylation is 1. The number of phenols is 1. The van der Waals surface area contributed by atoms with Gasteiger partial charge in [-0.15, -0.1) is 0 Å². The highest BCUT2D eigenvalue weighted by Gasteiger charge is 2.18. The third-order valence-electron chi connectivity index (χ3n) is 4.56. The summed E-state index contributed by atoms with van der Waals surface area (Å²) in [7, 11) is 1.61. The highest BCUT2D eigenvalue weighted by molar-refractivity contribution is 6.32. The number of fused-ring (bicyclic) bond motifs is 3. The predicted molar refractivity (Wildman–Crippen MR) is 111 cm³/mol. The average molecular weight is 398 g/mol. The molecule has 0 aliphatic heterocycles. The minimum Gasteiger partial charge on any atom is -0.506 e. The maximum atomic E-state index is 9.78. The van der Waals surface area contributed by atoms with E-state index in [1.807, 2.05) is 32.9 Å². The van der Waals surface area contributed by atoms with Crippen molar-refractivity contribution in [2.24, 2.45) is 0 Å². The Bertz CT molecular complexity index is 1200. The van der Waals surface area contributed by atoms with Gasteiger partial charge in [0.25, 0.3) is 0 Å². The van der Waals surface area contributed by atoms with Crippen LogP contribution in [0.25, 0.3) is 33.1 Å². The number of methoxy groups -OCH3 is 1. The molecular weight excluding hydrogens is 378 g/mol. The first kappa shape index (κ1) is 18.4. The first-order chi connectivity index (χ1) is 13.4. The summed E-state index contributed by atoms with van der Waals surface area (Å²) in [6, 6.07) is 8.91. The van der Waals surface area contributed by atoms with Gasteiger partial charge in [0.1, 0.15) is 5.75 Å². The van der Waals surface area contributed by atoms with E-state index in [1.165, 1.54) is 0 Å². The fraction of sp³-hybridized carbons (Fsp3) is 0.238. The number of ether oxygens (including phenoxy) is 2. The smallest absolute Gasteiger partial charge is 0.162 e. The van der Waals surface area contributed by atoms with Crippen molar-refractivity contribution in [3.63, 3.8) is 0 Å². The lowest BCUT2D eigenvalue weighted by Crippen LogP contribution is -2.07. The van der Waals surface area contributed by atoms with Gasteiger partial charge in [0.2, 0.25) is 0 Å². The zero-order chi connectivity index (χ0) is 20.0. The minimum absolute atomic E-state index is 0.00417. The molecule has 0 saturated heterocycles. The molecule has 0 atom stereocenters. The Hall–Kier alpha value is -2.99. The number of aromatic amines is 1. The topological polar surface area (TPSA) is 80.3 Å². The molecule has 6 nitrogen and oxygen atoms in total. The van der Waals surface area contributed by atoms with E-state index in [0.717, 1.165) is 27.4 Å². The Morgan fingerprint density at radius 1 is 1.11 bits per heavy atom. The molecule has 0 radical (unpaired) electrons. The summed E-state index contributed by atoms with van der Waals surface area (Å²) in [6.45, 7) is 5.88. The summed E-state index contributed by atoms with van der Waals surface area (Å²) in [5, 5.41) is 20.1. The molecule has 28 heavy (non-hydrogen) atoms. The molecule has 0 unspecified atom stereocenters. The van der Waals surface area contributed by atoms with Crippen LogP contribution in [0, 0.1) is 6.92 Å². The molecule has 2 heterocycles. The second-order valence-electron chi connectivity index (χ2n) is 6.87. The standard InChI is InChI=1S/C21H20ClN3O3/c1-10(2)28-18-8-13-14(9-17(18)27-4)20(12-5-6-16(26)15(22)7-12)23-21-19(13)11(3)24-25-21/h5-10,26H,1-4H3,(H,23,24,25). The van der Waals surface area contributed by atoms with E-state index in [0.29, 0.717) is 22.8 Å². The highest BCUT2D eigenvalue weighted by atomic mass is 35.5. The van der Waals surface area contributed by atoms with E-state index in [2.05, 4.69) is 10.2 Å². The van der Waals surface area contributed by atoms with Gasteiger partial charge in [-0.3, -0.25) is 5.10 Å². The number of hydrogen-bond acceptors (Lipinski definition) is 5. The van der Waals surface area contributed by atoms with Crippen LogP contribution in [0.15, 0.2) is 30.3 Å². The zero-order valence-electron chi connectivity index (χ0n) is 16.0. The van der Waals surface area contributed by atoms with Crippen LogP contribution in [-0.4, -0.2) is 33.5 Å². The van der Waals surface area contributed by atoms with E-state index in [9.17, 15) is 5.11 Å². The number of aromatic hydroxyl groups is 1. The Kier molecular flexibility index (Phi) is 4.51. The minimum atomic E-state index is 0.00417. The van der Waals surface area contributed by atoms with Crippen LogP contribution < -0.4 is 9.47 Å². The molecule has 0 aliphatic rings. The molecule has 4 rings (SSSR count). The maximum Gasteiger partial charge on any atom is 0.162 e. The third-order valence-corrected chi connectivity index (χ3v) is 4.87. The van der Waals surface area contributed by atoms with Crippen molar-refractivity contribution in [3.05, 3.63) is 41.0 Å². The molecule has 0 fully saturated rings. The maximum absolute atomic E-state index is 9.78. The molecule has 2 N–H and O–H groups in total. The first-order valence-corrected chi connectivity index (χ1v) is 9.28. The van der Waals surface area contributed by atoms with Crippen LogP contribution in [0.4, 0.5) is 0 Å². The largest absolute Gasteiger partial charge is 0.506 e. The van der Waals surface area contributed by atoms with Crippen LogP contribution in [0.3, 0.4) is 0 Å². The van der Waals surface area contributed by atoms with Crippen LogP contribution in [0.1, 0.15) is 19.5 Å². The SMILES string of the molecule is COc1cc2c(-c3ccc(O)c(Cl)c3)nc3[nH]nc(C)c3c2cc1OC(C)C. The van der Waals surface area contributed by atoms with Crippen molar-refractivity contribution in [3.8, 4) is 28.5 Å². The molecule has 0 bridgehead atoms. The number of pyridine rings is 1. The number of benzene rings is 2. The number of phenolic OH excluding ortho intramolecular Hbond substituents is 1. The molecular formula is C21H20ClN3O3. The molecule has 144 valence electrons. The van der Waals surface area contributed by atoms with Crippen LogP contribution in [-0.2, 0) is 0 Å². The molecule has 7 heteroatoms. The average Bonchev–Trinajstić information content (AvgIpc) is 3.03. The molecule has 2 aromatic carbocycles. The quantitative estimate of drug-likeness (QED) is 0.492. The van der Waals surface area contributed by atoms with Gasteiger partial charge in [-0.2, -0.15) is 5.10 Å². The Morgan fingerprint density at radius 3 is 2.54 bits per heavy atom. The van der Waals surface area contributed by atoms with Crippen molar-refractivity contribution in [2.75, 3.05) is 7.11 Å².